The van der Waals surface area contributed by atoms with Gasteiger partial charge in [0.1, 0.15) is 5.75 Å². The van der Waals surface area contributed by atoms with Crippen LogP contribution in [0.1, 0.15) is 12.5 Å². The zero-order chi connectivity index (χ0) is 17.5. The number of ether oxygens (including phenoxy) is 1. The summed E-state index contributed by atoms with van der Waals surface area (Å²) in [4.78, 5) is 11.6. The van der Waals surface area contributed by atoms with E-state index in [0.29, 0.717) is 5.69 Å². The Hall–Kier alpha value is -1.54. The molecule has 1 heterocycles. The van der Waals surface area contributed by atoms with Crippen molar-refractivity contribution in [3.05, 3.63) is 54.1 Å². The van der Waals surface area contributed by atoms with Gasteiger partial charge in [0, 0.05) is 0 Å². The van der Waals surface area contributed by atoms with Gasteiger partial charge in [0.2, 0.25) is 0 Å². The van der Waals surface area contributed by atoms with Crippen LogP contribution in [0.5, 0.6) is 5.75 Å². The summed E-state index contributed by atoms with van der Waals surface area (Å²) in [6.07, 6.45) is 0. The molecule has 3 rings (SSSR count). The fraction of sp³-hybridized carbons (Fsp3) is 0.235. The van der Waals surface area contributed by atoms with E-state index in [1.54, 1.807) is 30.3 Å². The number of para-hydroxylation sites is 2. The molecule has 2 aromatic rings. The number of aryl methyl sites for hydroxylation is 1. The Morgan fingerprint density at radius 1 is 1.16 bits per heavy atom. The van der Waals surface area contributed by atoms with Crippen molar-refractivity contribution in [2.75, 3.05) is 10.8 Å². The fourth-order valence-corrected chi connectivity index (χ4v) is 4.10. The first kappa shape index (κ1) is 19.8. The van der Waals surface area contributed by atoms with E-state index in [-0.39, 0.29) is 46.7 Å². The minimum atomic E-state index is -3.93. The summed E-state index contributed by atoms with van der Waals surface area (Å²) in [6, 6.07) is 12.8. The summed E-state index contributed by atoms with van der Waals surface area (Å²) in [6.45, 7) is 2.78. The molecular weight excluding hydrogens is 353 g/mol. The molecular formula is C17H16NNaO5S. The number of carboxylic acids is 1. The monoisotopic (exact) mass is 369 g/mol. The first-order valence-corrected chi connectivity index (χ1v) is 8.77. The third kappa shape index (κ3) is 3.55. The van der Waals surface area contributed by atoms with Crippen molar-refractivity contribution < 1.29 is 52.6 Å². The number of anilines is 1. The molecule has 6 nitrogen and oxygen atoms in total. The predicted octanol–water partition coefficient (Wildman–Crippen LogP) is -1.90. The number of nitrogens with zero attached hydrogens (tertiary/aromatic N) is 1. The van der Waals surface area contributed by atoms with Crippen molar-refractivity contribution in [2.24, 2.45) is 0 Å². The standard InChI is InChI=1S/C17H17NO5S.Na/c1-12-7-9-13(10-8-12)24(21,22)18-11-17(2,16(19)20)23-15-6-4-3-5-14(15)18;/h3-10H,11H2,1-2H3,(H,19,20);/q;+1/p-1. The molecule has 0 amide bonds. The van der Waals surface area contributed by atoms with Gasteiger partial charge in [-0.15, -0.1) is 0 Å². The molecule has 2 aromatic carbocycles. The van der Waals surface area contributed by atoms with Gasteiger partial charge < -0.3 is 14.6 Å². The second kappa shape index (κ2) is 6.99. The number of benzene rings is 2. The number of aliphatic carboxylic acids is 1. The van der Waals surface area contributed by atoms with Crippen LogP contribution in [0.25, 0.3) is 0 Å². The molecule has 0 aromatic heterocycles. The molecule has 1 aliphatic heterocycles. The minimum Gasteiger partial charge on any atom is -0.546 e. The number of sulfonamides is 1. The maximum atomic E-state index is 13.0. The van der Waals surface area contributed by atoms with Crippen molar-refractivity contribution in [1.82, 2.24) is 0 Å². The van der Waals surface area contributed by atoms with Crippen molar-refractivity contribution >= 4 is 21.7 Å². The quantitative estimate of drug-likeness (QED) is 0.590. The molecule has 0 saturated carbocycles. The average molecular weight is 369 g/mol. The third-order valence-corrected chi connectivity index (χ3v) is 5.73. The normalized spacial score (nSPS) is 19.4. The molecule has 126 valence electrons. The number of carboxylic acid groups (broad SMARTS) is 1. The number of hydrogen-bond acceptors (Lipinski definition) is 5. The van der Waals surface area contributed by atoms with E-state index in [0.717, 1.165) is 9.87 Å². The number of carbonyl (C=O) groups is 1. The summed E-state index contributed by atoms with van der Waals surface area (Å²) >= 11 is 0. The molecule has 0 N–H and O–H groups in total. The van der Waals surface area contributed by atoms with Gasteiger partial charge in [0.15, 0.2) is 5.60 Å². The van der Waals surface area contributed by atoms with Crippen LogP contribution in [-0.4, -0.2) is 26.5 Å². The zero-order valence-electron chi connectivity index (χ0n) is 14.2. The van der Waals surface area contributed by atoms with Crippen LogP contribution >= 0.6 is 0 Å². The Morgan fingerprint density at radius 3 is 2.36 bits per heavy atom. The first-order valence-electron chi connectivity index (χ1n) is 7.33. The van der Waals surface area contributed by atoms with Crippen LogP contribution in [0.4, 0.5) is 5.69 Å². The summed E-state index contributed by atoms with van der Waals surface area (Å²) < 4.78 is 32.6. The number of rotatable bonds is 3. The maximum Gasteiger partial charge on any atom is 1.00 e. The molecule has 1 unspecified atom stereocenters. The molecule has 1 atom stereocenters. The van der Waals surface area contributed by atoms with E-state index in [4.69, 9.17) is 4.74 Å². The van der Waals surface area contributed by atoms with Gasteiger partial charge >= 0.3 is 29.6 Å². The van der Waals surface area contributed by atoms with Crippen LogP contribution < -0.4 is 43.7 Å². The molecule has 0 fully saturated rings. The Labute approximate surface area is 168 Å². The Balaban J connectivity index is 0.00000225. The van der Waals surface area contributed by atoms with E-state index >= 15 is 0 Å². The van der Waals surface area contributed by atoms with Gasteiger partial charge in [-0.25, -0.2) is 8.42 Å². The van der Waals surface area contributed by atoms with Crippen LogP contribution in [0.3, 0.4) is 0 Å². The summed E-state index contributed by atoms with van der Waals surface area (Å²) in [5.41, 5.74) is -0.542. The fourth-order valence-electron chi connectivity index (χ4n) is 2.54. The summed E-state index contributed by atoms with van der Waals surface area (Å²) in [7, 11) is -3.93. The van der Waals surface area contributed by atoms with E-state index in [2.05, 4.69) is 0 Å². The average Bonchev–Trinajstić information content (AvgIpc) is 2.54. The molecule has 8 heteroatoms. The largest absolute Gasteiger partial charge is 1.00 e. The second-order valence-corrected chi connectivity index (χ2v) is 7.78. The van der Waals surface area contributed by atoms with Gasteiger partial charge in [-0.2, -0.15) is 0 Å². The van der Waals surface area contributed by atoms with Crippen LogP contribution in [0.15, 0.2) is 53.4 Å². The summed E-state index contributed by atoms with van der Waals surface area (Å²) in [5.74, 6) is -1.28. The van der Waals surface area contributed by atoms with Gasteiger partial charge in [0.25, 0.3) is 10.0 Å². The first-order chi connectivity index (χ1) is 11.2. The molecule has 25 heavy (non-hydrogen) atoms. The van der Waals surface area contributed by atoms with Crippen molar-refractivity contribution in [3.63, 3.8) is 0 Å². The molecule has 0 spiro atoms. The molecule has 0 radical (unpaired) electrons. The number of carbonyl (C=O) groups excluding carboxylic acids is 1. The second-order valence-electron chi connectivity index (χ2n) is 5.91. The Morgan fingerprint density at radius 2 is 1.76 bits per heavy atom. The van der Waals surface area contributed by atoms with E-state index < -0.39 is 21.6 Å². The zero-order valence-corrected chi connectivity index (χ0v) is 17.0. The predicted molar refractivity (Wildman–Crippen MR) is 86.2 cm³/mol. The topological polar surface area (TPSA) is 86.7 Å². The van der Waals surface area contributed by atoms with Gasteiger partial charge in [-0.3, -0.25) is 4.31 Å². The number of hydrogen-bond donors (Lipinski definition) is 0. The van der Waals surface area contributed by atoms with Crippen LogP contribution in [0.2, 0.25) is 0 Å². The Bertz CT molecular complexity index is 898. The smallest absolute Gasteiger partial charge is 0.546 e. The van der Waals surface area contributed by atoms with Crippen molar-refractivity contribution in [3.8, 4) is 5.75 Å². The number of fused-ring (bicyclic) bond motifs is 1. The molecule has 0 bridgehead atoms. The van der Waals surface area contributed by atoms with Crippen LogP contribution in [0, 0.1) is 6.92 Å². The molecule has 0 saturated heterocycles. The van der Waals surface area contributed by atoms with E-state index in [9.17, 15) is 18.3 Å². The van der Waals surface area contributed by atoms with E-state index in [1.165, 1.54) is 25.1 Å². The van der Waals surface area contributed by atoms with Crippen molar-refractivity contribution in [1.29, 1.82) is 0 Å². The van der Waals surface area contributed by atoms with Gasteiger partial charge in [0.05, 0.1) is 23.1 Å². The van der Waals surface area contributed by atoms with E-state index in [1.807, 2.05) is 6.92 Å². The third-order valence-electron chi connectivity index (χ3n) is 3.96. The summed E-state index contributed by atoms with van der Waals surface area (Å²) in [5, 5.41) is 11.5. The minimum absolute atomic E-state index is 0. The van der Waals surface area contributed by atoms with Crippen LogP contribution in [-0.2, 0) is 14.8 Å². The SMILES string of the molecule is Cc1ccc(S(=O)(=O)N2CC(C)(C(=O)[O-])Oc3ccccc32)cc1.[Na+]. The molecule has 1 aliphatic rings. The van der Waals surface area contributed by atoms with Gasteiger partial charge in [-0.1, -0.05) is 29.8 Å². The van der Waals surface area contributed by atoms with Crippen molar-refractivity contribution in [2.45, 2.75) is 24.3 Å². The Kier molecular flexibility index (Phi) is 5.53. The molecule has 0 aliphatic carbocycles. The maximum absolute atomic E-state index is 13.0. The van der Waals surface area contributed by atoms with Gasteiger partial charge in [-0.05, 0) is 38.1 Å².